The summed E-state index contributed by atoms with van der Waals surface area (Å²) in [5.41, 5.74) is 0.915. The number of benzene rings is 3. The van der Waals surface area contributed by atoms with Crippen LogP contribution in [-0.2, 0) is 4.74 Å². The van der Waals surface area contributed by atoms with Crippen molar-refractivity contribution in [3.05, 3.63) is 77.1 Å². The van der Waals surface area contributed by atoms with Crippen molar-refractivity contribution < 1.29 is 28.2 Å². The fraction of sp³-hybridized carbons (Fsp3) is 0.259. The number of urea groups is 1. The van der Waals surface area contributed by atoms with E-state index in [1.54, 1.807) is 42.5 Å². The summed E-state index contributed by atoms with van der Waals surface area (Å²) in [7, 11) is 1.42. The van der Waals surface area contributed by atoms with E-state index in [2.05, 4.69) is 20.9 Å². The fourth-order valence-corrected chi connectivity index (χ4v) is 3.95. The van der Waals surface area contributed by atoms with Crippen LogP contribution in [0.2, 0.25) is 5.02 Å². The molecule has 0 aliphatic carbocycles. The molecule has 200 valence electrons. The lowest BCUT2D eigenvalue weighted by molar-refractivity contribution is 0.0322. The first-order valence-electron chi connectivity index (χ1n) is 12.0. The third-order valence-electron chi connectivity index (χ3n) is 5.72. The van der Waals surface area contributed by atoms with E-state index >= 15 is 0 Å². The smallest absolute Gasteiger partial charge is 0.323 e. The van der Waals surface area contributed by atoms with Gasteiger partial charge in [-0.25, -0.2) is 9.18 Å². The van der Waals surface area contributed by atoms with Crippen LogP contribution in [0.3, 0.4) is 0 Å². The maximum atomic E-state index is 13.9. The number of halogens is 2. The van der Waals surface area contributed by atoms with Gasteiger partial charge in [0.05, 0.1) is 23.8 Å². The average molecular weight is 543 g/mol. The van der Waals surface area contributed by atoms with Crippen LogP contribution in [0.1, 0.15) is 10.4 Å². The predicted octanol–water partition coefficient (Wildman–Crippen LogP) is 4.99. The quantitative estimate of drug-likeness (QED) is 0.352. The van der Waals surface area contributed by atoms with Gasteiger partial charge in [-0.2, -0.15) is 0 Å². The second kappa shape index (κ2) is 13.1. The summed E-state index contributed by atoms with van der Waals surface area (Å²) < 4.78 is 30.7. The van der Waals surface area contributed by atoms with Gasteiger partial charge in [0.15, 0.2) is 0 Å². The van der Waals surface area contributed by atoms with Crippen LogP contribution in [0, 0.1) is 5.82 Å². The van der Waals surface area contributed by atoms with Gasteiger partial charge in [0.2, 0.25) is 0 Å². The molecule has 0 atom stereocenters. The lowest BCUT2D eigenvalue weighted by atomic mass is 10.2. The second-order valence-electron chi connectivity index (χ2n) is 8.37. The number of hydrogen-bond acceptors (Lipinski definition) is 6. The highest BCUT2D eigenvalue weighted by Crippen LogP contribution is 2.28. The van der Waals surface area contributed by atoms with Crippen LogP contribution in [0.5, 0.6) is 17.2 Å². The summed E-state index contributed by atoms with van der Waals surface area (Å²) in [6.07, 6.45) is 0. The molecule has 1 aliphatic rings. The second-order valence-corrected chi connectivity index (χ2v) is 8.78. The topological polar surface area (TPSA) is 101 Å². The Hall–Kier alpha value is -3.86. The van der Waals surface area contributed by atoms with Crippen LogP contribution < -0.4 is 25.4 Å². The number of hydrogen-bond donors (Lipinski definition) is 3. The highest BCUT2D eigenvalue weighted by atomic mass is 35.5. The largest absolute Gasteiger partial charge is 0.491 e. The Morgan fingerprint density at radius 2 is 1.66 bits per heavy atom. The van der Waals surface area contributed by atoms with E-state index in [9.17, 15) is 14.0 Å². The molecule has 3 aromatic carbocycles. The van der Waals surface area contributed by atoms with Crippen molar-refractivity contribution in [2.75, 3.05) is 57.1 Å². The number of amides is 3. The first-order valence-corrected chi connectivity index (χ1v) is 12.4. The summed E-state index contributed by atoms with van der Waals surface area (Å²) in [5.74, 6) is 0.0977. The number of rotatable bonds is 9. The highest BCUT2D eigenvalue weighted by molar-refractivity contribution is 6.32. The molecule has 0 spiro atoms. The van der Waals surface area contributed by atoms with E-state index in [-0.39, 0.29) is 5.56 Å². The number of carbonyl (C=O) groups excluding carboxylic acids is 2. The SMILES string of the molecule is CNC(=O)c1cc(Oc2ccc(NC(=O)Nc3ccc(OCCN4CCOCC4)c(Cl)c3)cc2)ccc1F. The molecular formula is C27H28ClFN4O5. The Balaban J connectivity index is 1.27. The van der Waals surface area contributed by atoms with Crippen molar-refractivity contribution in [2.24, 2.45) is 0 Å². The third-order valence-corrected chi connectivity index (χ3v) is 6.01. The monoisotopic (exact) mass is 542 g/mol. The Morgan fingerprint density at radius 3 is 2.37 bits per heavy atom. The summed E-state index contributed by atoms with van der Waals surface area (Å²) >= 11 is 6.34. The van der Waals surface area contributed by atoms with Crippen molar-refractivity contribution in [2.45, 2.75) is 0 Å². The molecule has 0 unspecified atom stereocenters. The number of anilines is 2. The van der Waals surface area contributed by atoms with Crippen molar-refractivity contribution in [3.8, 4) is 17.2 Å². The molecule has 4 rings (SSSR count). The summed E-state index contributed by atoms with van der Waals surface area (Å²) in [4.78, 5) is 26.5. The fourth-order valence-electron chi connectivity index (χ4n) is 3.72. The molecule has 0 saturated carbocycles. The molecule has 1 saturated heterocycles. The highest BCUT2D eigenvalue weighted by Gasteiger charge is 2.13. The summed E-state index contributed by atoms with van der Waals surface area (Å²) in [6.45, 7) is 4.53. The standard InChI is InChI=1S/C27H28ClFN4O5/c1-30-26(34)22-17-21(7-8-24(22)29)38-20-5-2-18(3-6-20)31-27(35)32-19-4-9-25(23(28)16-19)37-15-12-33-10-13-36-14-11-33/h2-9,16-17H,10-15H2,1H3,(H,30,34)(H2,31,32,35). The molecule has 9 nitrogen and oxygen atoms in total. The maximum absolute atomic E-state index is 13.9. The molecule has 3 aromatic rings. The van der Waals surface area contributed by atoms with E-state index in [0.717, 1.165) is 38.9 Å². The van der Waals surface area contributed by atoms with Gasteiger partial charge in [-0.3, -0.25) is 9.69 Å². The molecule has 1 aliphatic heterocycles. The minimum Gasteiger partial charge on any atom is -0.491 e. The van der Waals surface area contributed by atoms with Gasteiger partial charge in [0.1, 0.15) is 29.7 Å². The molecule has 38 heavy (non-hydrogen) atoms. The Bertz CT molecular complexity index is 1270. The van der Waals surface area contributed by atoms with E-state index < -0.39 is 17.8 Å². The van der Waals surface area contributed by atoms with Crippen LogP contribution in [-0.4, -0.2) is 63.3 Å². The van der Waals surface area contributed by atoms with E-state index in [1.807, 2.05) is 0 Å². The molecule has 0 aromatic heterocycles. The average Bonchev–Trinajstić information content (AvgIpc) is 2.92. The minimum atomic E-state index is -0.644. The van der Waals surface area contributed by atoms with Crippen molar-refractivity contribution in [1.29, 1.82) is 0 Å². The van der Waals surface area contributed by atoms with E-state index in [1.165, 1.54) is 19.2 Å². The summed E-state index contributed by atoms with van der Waals surface area (Å²) in [5, 5.41) is 8.24. The summed E-state index contributed by atoms with van der Waals surface area (Å²) in [6, 6.07) is 15.1. The minimum absolute atomic E-state index is 0.118. The lowest BCUT2D eigenvalue weighted by Crippen LogP contribution is -2.38. The van der Waals surface area contributed by atoms with Crippen molar-refractivity contribution >= 4 is 34.9 Å². The molecule has 0 radical (unpaired) electrons. The molecule has 1 heterocycles. The van der Waals surface area contributed by atoms with Gasteiger partial charge >= 0.3 is 6.03 Å². The predicted molar refractivity (Wildman–Crippen MR) is 143 cm³/mol. The Kier molecular flexibility index (Phi) is 9.36. The lowest BCUT2D eigenvalue weighted by Gasteiger charge is -2.26. The molecule has 11 heteroatoms. The molecular weight excluding hydrogens is 515 g/mol. The number of morpholine rings is 1. The Morgan fingerprint density at radius 1 is 0.974 bits per heavy atom. The first kappa shape index (κ1) is 27.2. The third kappa shape index (κ3) is 7.58. The zero-order valence-corrected chi connectivity index (χ0v) is 21.5. The van der Waals surface area contributed by atoms with Crippen LogP contribution in [0.15, 0.2) is 60.7 Å². The molecule has 1 fully saturated rings. The number of ether oxygens (including phenoxy) is 3. The van der Waals surface area contributed by atoms with Gasteiger partial charge in [0.25, 0.3) is 5.91 Å². The molecule has 3 amide bonds. The van der Waals surface area contributed by atoms with Gasteiger partial charge in [0, 0.05) is 38.1 Å². The van der Waals surface area contributed by atoms with Gasteiger partial charge < -0.3 is 30.2 Å². The van der Waals surface area contributed by atoms with Gasteiger partial charge in [-0.15, -0.1) is 0 Å². The van der Waals surface area contributed by atoms with E-state index in [0.29, 0.717) is 40.3 Å². The van der Waals surface area contributed by atoms with Gasteiger partial charge in [-0.1, -0.05) is 11.6 Å². The number of nitrogens with one attached hydrogen (secondary N) is 3. The zero-order chi connectivity index (χ0) is 26.9. The Labute approximate surface area is 224 Å². The van der Waals surface area contributed by atoms with Crippen molar-refractivity contribution in [3.63, 3.8) is 0 Å². The number of carbonyl (C=O) groups is 2. The molecule has 0 bridgehead atoms. The number of nitrogens with zero attached hydrogens (tertiary/aromatic N) is 1. The van der Waals surface area contributed by atoms with Crippen LogP contribution in [0.25, 0.3) is 0 Å². The van der Waals surface area contributed by atoms with Crippen molar-refractivity contribution in [1.82, 2.24) is 10.2 Å². The van der Waals surface area contributed by atoms with Gasteiger partial charge in [-0.05, 0) is 60.7 Å². The van der Waals surface area contributed by atoms with Crippen LogP contribution >= 0.6 is 11.6 Å². The van der Waals surface area contributed by atoms with Crippen LogP contribution in [0.4, 0.5) is 20.6 Å². The zero-order valence-electron chi connectivity index (χ0n) is 20.8. The maximum Gasteiger partial charge on any atom is 0.323 e. The normalized spacial score (nSPS) is 13.4. The molecule has 3 N–H and O–H groups in total. The van der Waals surface area contributed by atoms with E-state index in [4.69, 9.17) is 25.8 Å². The first-order chi connectivity index (χ1) is 18.4.